The number of aliphatic carboxylic acids is 1. The summed E-state index contributed by atoms with van der Waals surface area (Å²) < 4.78 is 1.80. The van der Waals surface area contributed by atoms with Gasteiger partial charge in [0.25, 0.3) is 0 Å². The molecule has 0 spiro atoms. The molecule has 0 bridgehead atoms. The smallest absolute Gasteiger partial charge is 0.305 e. The van der Waals surface area contributed by atoms with Crippen molar-refractivity contribution in [3.05, 3.63) is 18.2 Å². The summed E-state index contributed by atoms with van der Waals surface area (Å²) in [5.41, 5.74) is -0.0194. The highest BCUT2D eigenvalue weighted by Gasteiger charge is 2.23. The molecular formula is C11H15N5O2. The van der Waals surface area contributed by atoms with Crippen LogP contribution in [0.25, 0.3) is 5.65 Å². The first-order valence-corrected chi connectivity index (χ1v) is 5.55. The van der Waals surface area contributed by atoms with Crippen molar-refractivity contribution < 1.29 is 9.90 Å². The van der Waals surface area contributed by atoms with Crippen LogP contribution in [0.5, 0.6) is 0 Å². The minimum Gasteiger partial charge on any atom is -0.481 e. The summed E-state index contributed by atoms with van der Waals surface area (Å²) in [6.07, 6.45) is 3.38. The third-order valence-electron chi connectivity index (χ3n) is 2.55. The molecule has 0 aliphatic carbocycles. The fraction of sp³-hybridized carbons (Fsp3) is 0.455. The fourth-order valence-corrected chi connectivity index (χ4v) is 1.77. The molecule has 0 saturated heterocycles. The largest absolute Gasteiger partial charge is 0.481 e. The number of carboxylic acid groups (broad SMARTS) is 1. The number of aromatic nitrogens is 4. The number of aryl methyl sites for hydroxylation is 1. The molecule has 7 nitrogen and oxygen atoms in total. The van der Waals surface area contributed by atoms with Gasteiger partial charge in [-0.25, -0.2) is 4.98 Å². The van der Waals surface area contributed by atoms with E-state index in [0.29, 0.717) is 11.5 Å². The van der Waals surface area contributed by atoms with Crippen molar-refractivity contribution in [1.29, 1.82) is 0 Å². The van der Waals surface area contributed by atoms with Crippen LogP contribution in [0, 0.1) is 6.92 Å². The van der Waals surface area contributed by atoms with E-state index in [1.165, 1.54) is 0 Å². The van der Waals surface area contributed by atoms with Gasteiger partial charge in [0.1, 0.15) is 5.82 Å². The molecule has 7 heteroatoms. The first kappa shape index (κ1) is 12.3. The van der Waals surface area contributed by atoms with E-state index in [9.17, 15) is 4.79 Å². The van der Waals surface area contributed by atoms with E-state index < -0.39 is 11.5 Å². The lowest BCUT2D eigenvalue weighted by molar-refractivity contribution is -0.137. The molecule has 0 unspecified atom stereocenters. The Kier molecular flexibility index (Phi) is 2.90. The highest BCUT2D eigenvalue weighted by Crippen LogP contribution is 2.19. The average molecular weight is 249 g/mol. The maximum absolute atomic E-state index is 10.8. The maximum atomic E-state index is 10.8. The van der Waals surface area contributed by atoms with Crippen molar-refractivity contribution in [1.82, 2.24) is 19.6 Å². The summed E-state index contributed by atoms with van der Waals surface area (Å²) in [5.74, 6) is 0.424. The van der Waals surface area contributed by atoms with Gasteiger partial charge in [-0.1, -0.05) is 0 Å². The molecule has 2 aromatic heterocycles. The van der Waals surface area contributed by atoms with Crippen LogP contribution in [0.4, 0.5) is 5.82 Å². The lowest BCUT2D eigenvalue weighted by Gasteiger charge is -2.24. The lowest BCUT2D eigenvalue weighted by atomic mass is 10.0. The summed E-state index contributed by atoms with van der Waals surface area (Å²) in [5, 5.41) is 19.9. The Labute approximate surface area is 104 Å². The van der Waals surface area contributed by atoms with Gasteiger partial charge in [0.15, 0.2) is 5.82 Å². The number of fused-ring (bicyclic) bond motifs is 1. The standard InChI is InChI=1S/C11H15N5O2/c1-7-14-15-10-9(12-4-5-16(7)10)13-11(2,3)6-8(17)18/h4-5H,6H2,1-3H3,(H,12,13)(H,17,18). The van der Waals surface area contributed by atoms with Gasteiger partial charge < -0.3 is 10.4 Å². The second-order valence-corrected chi connectivity index (χ2v) is 4.80. The third kappa shape index (κ3) is 2.39. The monoisotopic (exact) mass is 249 g/mol. The van der Waals surface area contributed by atoms with Crippen LogP contribution in [0.15, 0.2) is 12.4 Å². The van der Waals surface area contributed by atoms with E-state index in [2.05, 4.69) is 20.5 Å². The number of hydrogen-bond acceptors (Lipinski definition) is 5. The van der Waals surface area contributed by atoms with E-state index in [1.807, 2.05) is 6.92 Å². The molecule has 0 aliphatic rings. The topological polar surface area (TPSA) is 92.4 Å². The van der Waals surface area contributed by atoms with Crippen molar-refractivity contribution in [3.8, 4) is 0 Å². The van der Waals surface area contributed by atoms with Gasteiger partial charge >= 0.3 is 5.97 Å². The van der Waals surface area contributed by atoms with Crippen molar-refractivity contribution in [2.24, 2.45) is 0 Å². The van der Waals surface area contributed by atoms with E-state index in [-0.39, 0.29) is 6.42 Å². The Morgan fingerprint density at radius 3 is 2.89 bits per heavy atom. The minimum absolute atomic E-state index is 0.0111. The maximum Gasteiger partial charge on any atom is 0.305 e. The second-order valence-electron chi connectivity index (χ2n) is 4.80. The van der Waals surface area contributed by atoms with Gasteiger partial charge in [-0.15, -0.1) is 10.2 Å². The zero-order valence-electron chi connectivity index (χ0n) is 10.5. The second kappa shape index (κ2) is 4.25. The highest BCUT2D eigenvalue weighted by atomic mass is 16.4. The van der Waals surface area contributed by atoms with Crippen LogP contribution in [-0.4, -0.2) is 36.2 Å². The molecular weight excluding hydrogens is 234 g/mol. The SMILES string of the molecule is Cc1nnc2c(NC(C)(C)CC(=O)O)nccn12. The lowest BCUT2D eigenvalue weighted by Crippen LogP contribution is -2.34. The number of hydrogen-bond donors (Lipinski definition) is 2. The summed E-state index contributed by atoms with van der Waals surface area (Å²) in [7, 11) is 0. The van der Waals surface area contributed by atoms with E-state index in [0.717, 1.165) is 5.82 Å². The van der Waals surface area contributed by atoms with Crippen LogP contribution in [0.2, 0.25) is 0 Å². The molecule has 96 valence electrons. The highest BCUT2D eigenvalue weighted by molar-refractivity contribution is 5.70. The van der Waals surface area contributed by atoms with E-state index in [1.54, 1.807) is 30.6 Å². The Morgan fingerprint density at radius 1 is 1.50 bits per heavy atom. The number of nitrogens with zero attached hydrogens (tertiary/aromatic N) is 4. The molecule has 0 radical (unpaired) electrons. The molecule has 2 rings (SSSR count). The zero-order chi connectivity index (χ0) is 13.3. The van der Waals surface area contributed by atoms with Gasteiger partial charge in [0.2, 0.25) is 5.65 Å². The van der Waals surface area contributed by atoms with Crippen molar-refractivity contribution in [2.75, 3.05) is 5.32 Å². The van der Waals surface area contributed by atoms with Crippen LogP contribution >= 0.6 is 0 Å². The normalized spacial score (nSPS) is 11.7. The Morgan fingerprint density at radius 2 is 2.22 bits per heavy atom. The molecule has 2 aromatic rings. The third-order valence-corrected chi connectivity index (χ3v) is 2.55. The minimum atomic E-state index is -0.864. The molecule has 0 saturated carbocycles. The van der Waals surface area contributed by atoms with Crippen molar-refractivity contribution >= 4 is 17.4 Å². The van der Waals surface area contributed by atoms with Gasteiger partial charge in [0.05, 0.1) is 6.42 Å². The average Bonchev–Trinajstić information content (AvgIpc) is 2.59. The van der Waals surface area contributed by atoms with Crippen molar-refractivity contribution in [2.45, 2.75) is 32.7 Å². The number of rotatable bonds is 4. The van der Waals surface area contributed by atoms with Crippen molar-refractivity contribution in [3.63, 3.8) is 0 Å². The first-order valence-electron chi connectivity index (χ1n) is 5.55. The first-order chi connectivity index (χ1) is 8.39. The zero-order valence-corrected chi connectivity index (χ0v) is 10.5. The number of carbonyl (C=O) groups is 1. The van der Waals surface area contributed by atoms with Gasteiger partial charge in [-0.2, -0.15) is 0 Å². The Hall–Kier alpha value is -2.18. The predicted octanol–water partition coefficient (Wildman–Crippen LogP) is 1.10. The molecule has 0 atom stereocenters. The van der Waals surface area contributed by atoms with Crippen LogP contribution < -0.4 is 5.32 Å². The Bertz CT molecular complexity index is 590. The summed E-state index contributed by atoms with van der Waals surface area (Å²) in [6, 6.07) is 0. The van der Waals surface area contributed by atoms with E-state index >= 15 is 0 Å². The predicted molar refractivity (Wildman–Crippen MR) is 65.5 cm³/mol. The molecule has 0 amide bonds. The summed E-state index contributed by atoms with van der Waals surface area (Å²) in [4.78, 5) is 15.0. The fourth-order valence-electron chi connectivity index (χ4n) is 1.77. The van der Waals surface area contributed by atoms with Gasteiger partial charge in [0, 0.05) is 17.9 Å². The summed E-state index contributed by atoms with van der Waals surface area (Å²) >= 11 is 0. The number of nitrogens with one attached hydrogen (secondary N) is 1. The van der Waals surface area contributed by atoms with Crippen LogP contribution in [0.3, 0.4) is 0 Å². The molecule has 2 N–H and O–H groups in total. The van der Waals surface area contributed by atoms with E-state index in [4.69, 9.17) is 5.11 Å². The number of anilines is 1. The summed E-state index contributed by atoms with van der Waals surface area (Å²) in [6.45, 7) is 5.44. The molecule has 0 aromatic carbocycles. The van der Waals surface area contributed by atoms with Gasteiger partial charge in [-0.05, 0) is 20.8 Å². The molecule has 0 aliphatic heterocycles. The molecule has 2 heterocycles. The van der Waals surface area contributed by atoms with Crippen LogP contribution in [0.1, 0.15) is 26.1 Å². The Balaban J connectivity index is 2.34. The van der Waals surface area contributed by atoms with Gasteiger partial charge in [-0.3, -0.25) is 9.20 Å². The molecule has 0 fully saturated rings. The molecule has 18 heavy (non-hydrogen) atoms. The quantitative estimate of drug-likeness (QED) is 0.842. The van der Waals surface area contributed by atoms with Crippen LogP contribution in [-0.2, 0) is 4.79 Å². The number of carboxylic acids is 1.